The Bertz CT molecular complexity index is 900. The van der Waals surface area contributed by atoms with Gasteiger partial charge in [-0.05, 0) is 24.3 Å². The van der Waals surface area contributed by atoms with Gasteiger partial charge in [-0.3, -0.25) is 9.48 Å². The molecule has 0 saturated carbocycles. The third-order valence-electron chi connectivity index (χ3n) is 3.26. The number of benzene rings is 1. The average molecular weight is 349 g/mol. The van der Waals surface area contributed by atoms with E-state index in [1.54, 1.807) is 31.1 Å². The molecule has 0 bridgehead atoms. The molecule has 1 N–H and O–H groups in total. The summed E-state index contributed by atoms with van der Waals surface area (Å²) in [6.07, 6.45) is 3.18. The first-order valence-electron chi connectivity index (χ1n) is 6.67. The molecule has 6 nitrogen and oxygen atoms in total. The van der Waals surface area contributed by atoms with Crippen LogP contribution >= 0.6 is 22.9 Å². The highest BCUT2D eigenvalue weighted by Gasteiger charge is 2.17. The first-order chi connectivity index (χ1) is 11.1. The summed E-state index contributed by atoms with van der Waals surface area (Å²) in [6.45, 7) is 0. The van der Waals surface area contributed by atoms with Crippen LogP contribution in [0.15, 0.2) is 35.6 Å². The van der Waals surface area contributed by atoms with Gasteiger partial charge in [0.05, 0.1) is 24.0 Å². The number of rotatable bonds is 4. The fraction of sp³-hybridized carbons (Fsp3) is 0.133. The van der Waals surface area contributed by atoms with Crippen molar-refractivity contribution in [3.63, 3.8) is 0 Å². The molecule has 0 aliphatic heterocycles. The summed E-state index contributed by atoms with van der Waals surface area (Å²) in [5.74, 6) is 0.366. The summed E-state index contributed by atoms with van der Waals surface area (Å²) in [5, 5.41) is 9.18. The Morgan fingerprint density at radius 1 is 1.48 bits per heavy atom. The lowest BCUT2D eigenvalue weighted by atomic mass is 10.2. The molecule has 118 valence electrons. The Kier molecular flexibility index (Phi) is 4.31. The van der Waals surface area contributed by atoms with E-state index in [4.69, 9.17) is 16.3 Å². The minimum atomic E-state index is -0.353. The van der Waals surface area contributed by atoms with Crippen molar-refractivity contribution in [3.05, 3.63) is 46.1 Å². The minimum absolute atomic E-state index is 0.353. The number of carbonyl (C=O) groups excluding carboxylic acids is 1. The van der Waals surface area contributed by atoms with Crippen molar-refractivity contribution in [2.75, 3.05) is 7.11 Å². The van der Waals surface area contributed by atoms with Crippen molar-refractivity contribution in [3.8, 4) is 5.75 Å². The smallest absolute Gasteiger partial charge is 0.283 e. The molecule has 3 aromatic rings. The van der Waals surface area contributed by atoms with Crippen molar-refractivity contribution < 1.29 is 9.53 Å². The highest BCUT2D eigenvalue weighted by Crippen LogP contribution is 2.37. The maximum atomic E-state index is 12.3. The molecule has 0 radical (unpaired) electrons. The monoisotopic (exact) mass is 348 g/mol. The molecule has 1 amide bonds. The second kappa shape index (κ2) is 6.39. The van der Waals surface area contributed by atoms with Gasteiger partial charge < -0.3 is 4.74 Å². The fourth-order valence-corrected chi connectivity index (χ4v) is 3.47. The van der Waals surface area contributed by atoms with Crippen LogP contribution in [0.2, 0.25) is 5.02 Å². The molecule has 0 atom stereocenters. The molecular weight excluding hydrogens is 336 g/mol. The predicted octanol–water partition coefficient (Wildman–Crippen LogP) is 3.06. The number of nitrogens with one attached hydrogen (secondary N) is 1. The van der Waals surface area contributed by atoms with Crippen LogP contribution in [0.3, 0.4) is 0 Å². The second-order valence-electron chi connectivity index (χ2n) is 4.69. The number of thiophene rings is 1. The largest absolute Gasteiger partial charge is 0.497 e. The van der Waals surface area contributed by atoms with Crippen LogP contribution < -0.4 is 10.2 Å². The van der Waals surface area contributed by atoms with E-state index in [0.29, 0.717) is 9.90 Å². The molecule has 3 rings (SSSR count). The lowest BCUT2D eigenvalue weighted by molar-refractivity contribution is 0.0959. The Labute approximate surface area is 141 Å². The zero-order valence-corrected chi connectivity index (χ0v) is 14.0. The number of amides is 1. The van der Waals surface area contributed by atoms with Crippen LogP contribution in [-0.4, -0.2) is 29.0 Å². The van der Waals surface area contributed by atoms with Crippen LogP contribution in [0.4, 0.5) is 0 Å². The maximum absolute atomic E-state index is 12.3. The standard InChI is InChI=1S/C15H13ClN4O2S/c1-20-9(5-6-18-20)8-17-19-15(21)14-13(16)11-4-3-10(22-2)7-12(11)23-14/h3-8H,1-2H3,(H,19,21)/b17-8-. The SMILES string of the molecule is COc1ccc2c(Cl)c(C(=O)N/N=C\c3ccnn3C)sc2c1. The third kappa shape index (κ3) is 3.06. The van der Waals surface area contributed by atoms with E-state index >= 15 is 0 Å². The molecule has 0 fully saturated rings. The van der Waals surface area contributed by atoms with Crippen molar-refractivity contribution in [1.29, 1.82) is 0 Å². The molecule has 0 aliphatic rings. The van der Waals surface area contributed by atoms with Gasteiger partial charge in [-0.1, -0.05) is 11.6 Å². The van der Waals surface area contributed by atoms with E-state index < -0.39 is 0 Å². The molecule has 0 spiro atoms. The molecule has 8 heteroatoms. The average Bonchev–Trinajstić information content (AvgIpc) is 3.11. The normalized spacial score (nSPS) is 11.3. The predicted molar refractivity (Wildman–Crippen MR) is 91.7 cm³/mol. The number of carbonyl (C=O) groups is 1. The minimum Gasteiger partial charge on any atom is -0.497 e. The summed E-state index contributed by atoms with van der Waals surface area (Å²) in [7, 11) is 3.39. The van der Waals surface area contributed by atoms with Gasteiger partial charge in [0.15, 0.2) is 0 Å². The summed E-state index contributed by atoms with van der Waals surface area (Å²) in [5.41, 5.74) is 3.25. The topological polar surface area (TPSA) is 68.5 Å². The molecule has 0 saturated heterocycles. The number of hydrogen-bond acceptors (Lipinski definition) is 5. The Morgan fingerprint density at radius 3 is 3.00 bits per heavy atom. The second-order valence-corrected chi connectivity index (χ2v) is 6.12. The number of aromatic nitrogens is 2. The van der Waals surface area contributed by atoms with Crippen LogP contribution in [0.25, 0.3) is 10.1 Å². The van der Waals surface area contributed by atoms with E-state index in [1.165, 1.54) is 17.6 Å². The Morgan fingerprint density at radius 2 is 2.30 bits per heavy atom. The highest BCUT2D eigenvalue weighted by atomic mass is 35.5. The van der Waals surface area contributed by atoms with Crippen LogP contribution in [0, 0.1) is 0 Å². The number of fused-ring (bicyclic) bond motifs is 1. The van der Waals surface area contributed by atoms with Gasteiger partial charge >= 0.3 is 0 Å². The van der Waals surface area contributed by atoms with E-state index in [1.807, 2.05) is 18.2 Å². The van der Waals surface area contributed by atoms with Gasteiger partial charge in [0.25, 0.3) is 5.91 Å². The van der Waals surface area contributed by atoms with Gasteiger partial charge in [0, 0.05) is 23.3 Å². The van der Waals surface area contributed by atoms with Crippen molar-refractivity contribution in [2.45, 2.75) is 0 Å². The van der Waals surface area contributed by atoms with Gasteiger partial charge in [-0.25, -0.2) is 5.43 Å². The van der Waals surface area contributed by atoms with Crippen molar-refractivity contribution >= 4 is 45.1 Å². The summed E-state index contributed by atoms with van der Waals surface area (Å²) in [4.78, 5) is 12.7. The first kappa shape index (κ1) is 15.5. The lowest BCUT2D eigenvalue weighted by Crippen LogP contribution is -2.16. The van der Waals surface area contributed by atoms with Crippen molar-refractivity contribution in [2.24, 2.45) is 12.1 Å². The summed E-state index contributed by atoms with van der Waals surface area (Å²) >= 11 is 7.59. The third-order valence-corrected chi connectivity index (χ3v) is 4.92. The Balaban J connectivity index is 1.82. The molecule has 0 unspecified atom stereocenters. The van der Waals surface area contributed by atoms with E-state index in [0.717, 1.165) is 21.5 Å². The maximum Gasteiger partial charge on any atom is 0.283 e. The van der Waals surface area contributed by atoms with E-state index in [9.17, 15) is 4.79 Å². The quantitative estimate of drug-likeness (QED) is 0.582. The molecule has 1 aromatic carbocycles. The number of aryl methyl sites for hydroxylation is 1. The van der Waals surface area contributed by atoms with Gasteiger partial charge in [-0.15, -0.1) is 11.3 Å². The van der Waals surface area contributed by atoms with Gasteiger partial charge in [-0.2, -0.15) is 10.2 Å². The molecule has 2 aromatic heterocycles. The summed E-state index contributed by atoms with van der Waals surface area (Å²) in [6, 6.07) is 7.28. The zero-order chi connectivity index (χ0) is 16.4. The van der Waals surface area contributed by atoms with Crippen LogP contribution in [0.5, 0.6) is 5.75 Å². The van der Waals surface area contributed by atoms with Crippen LogP contribution in [0.1, 0.15) is 15.4 Å². The van der Waals surface area contributed by atoms with Crippen LogP contribution in [-0.2, 0) is 7.05 Å². The number of hydrazone groups is 1. The molecule has 23 heavy (non-hydrogen) atoms. The fourth-order valence-electron chi connectivity index (χ4n) is 2.04. The number of ether oxygens (including phenoxy) is 1. The molecule has 0 aliphatic carbocycles. The molecular formula is C15H13ClN4O2S. The number of nitrogens with zero attached hydrogens (tertiary/aromatic N) is 3. The highest BCUT2D eigenvalue weighted by molar-refractivity contribution is 7.21. The van der Waals surface area contributed by atoms with E-state index in [-0.39, 0.29) is 5.91 Å². The number of hydrogen-bond donors (Lipinski definition) is 1. The Hall–Kier alpha value is -2.38. The lowest BCUT2D eigenvalue weighted by Gasteiger charge is -1.98. The van der Waals surface area contributed by atoms with Crippen molar-refractivity contribution in [1.82, 2.24) is 15.2 Å². The zero-order valence-electron chi connectivity index (χ0n) is 12.4. The number of methoxy groups -OCH3 is 1. The van der Waals surface area contributed by atoms with E-state index in [2.05, 4.69) is 15.6 Å². The summed E-state index contributed by atoms with van der Waals surface area (Å²) < 4.78 is 7.71. The van der Waals surface area contributed by atoms with Gasteiger partial charge in [0.2, 0.25) is 0 Å². The van der Waals surface area contributed by atoms with Gasteiger partial charge in [0.1, 0.15) is 10.6 Å². The first-order valence-corrected chi connectivity index (χ1v) is 7.87. The molecule has 2 heterocycles. The number of halogens is 1.